The van der Waals surface area contributed by atoms with Gasteiger partial charge in [-0.15, -0.1) is 0 Å². The van der Waals surface area contributed by atoms with Gasteiger partial charge in [0.15, 0.2) is 5.96 Å². The van der Waals surface area contributed by atoms with E-state index in [1.165, 1.54) is 5.56 Å². The minimum Gasteiger partial charge on any atom is -0.369 e. The Morgan fingerprint density at radius 2 is 1.71 bits per heavy atom. The summed E-state index contributed by atoms with van der Waals surface area (Å²) < 4.78 is 0. The van der Waals surface area contributed by atoms with E-state index >= 15 is 0 Å². The number of aliphatic imine (C=N–C) groups is 1. The van der Waals surface area contributed by atoms with Crippen LogP contribution < -0.4 is 10.6 Å². The van der Waals surface area contributed by atoms with Gasteiger partial charge in [-0.3, -0.25) is 9.89 Å². The van der Waals surface area contributed by atoms with Gasteiger partial charge in [-0.2, -0.15) is 0 Å². The molecule has 0 aliphatic heterocycles. The molecule has 1 atom stereocenters. The third-order valence-corrected chi connectivity index (χ3v) is 5.33. The fraction of sp³-hybridized carbons (Fsp3) is 0.278. The summed E-state index contributed by atoms with van der Waals surface area (Å²) in [5.41, 5.74) is 8.86. The Morgan fingerprint density at radius 3 is 2.25 bits per heavy atom. The van der Waals surface area contributed by atoms with Crippen LogP contribution in [0.1, 0.15) is 31.7 Å². The molecule has 0 aliphatic rings. The van der Waals surface area contributed by atoms with Crippen LogP contribution in [-0.4, -0.2) is 13.0 Å². The second-order valence-corrected chi connectivity index (χ2v) is 6.68. The molecule has 0 fully saturated rings. The molecule has 24 heavy (non-hydrogen) atoms. The van der Waals surface area contributed by atoms with E-state index in [1.807, 2.05) is 12.1 Å². The summed E-state index contributed by atoms with van der Waals surface area (Å²) in [6.45, 7) is 4.37. The number of anilines is 2. The quantitative estimate of drug-likeness (QED) is 0.385. The minimum absolute atomic E-state index is 0.293. The average molecular weight is 385 g/mol. The highest BCUT2D eigenvalue weighted by Gasteiger charge is 2.19. The Kier molecular flexibility index (Phi) is 6.39. The highest BCUT2D eigenvalue weighted by Crippen LogP contribution is 2.40. The number of guanidine groups is 1. The molecule has 0 amide bonds. The van der Waals surface area contributed by atoms with E-state index < -0.39 is 0 Å². The summed E-state index contributed by atoms with van der Waals surface area (Å²) in [5.74, 6) is 0.810. The molecule has 0 bridgehead atoms. The third kappa shape index (κ3) is 3.80. The van der Waals surface area contributed by atoms with Crippen molar-refractivity contribution in [3.05, 3.63) is 57.0 Å². The lowest BCUT2D eigenvalue weighted by Crippen LogP contribution is -2.33. The van der Waals surface area contributed by atoms with Crippen molar-refractivity contribution in [2.75, 3.05) is 11.9 Å². The molecule has 0 spiro atoms. The van der Waals surface area contributed by atoms with E-state index in [4.69, 9.17) is 40.5 Å². The summed E-state index contributed by atoms with van der Waals surface area (Å²) in [4.78, 5) is 5.85. The molecule has 2 aromatic rings. The maximum atomic E-state index is 6.38. The Bertz CT molecular complexity index is 742. The normalized spacial score (nSPS) is 13.0. The maximum absolute atomic E-state index is 6.38. The topological polar surface area (TPSA) is 41.6 Å². The van der Waals surface area contributed by atoms with Crippen LogP contribution in [0.3, 0.4) is 0 Å². The highest BCUT2D eigenvalue weighted by molar-refractivity contribution is 6.49. The van der Waals surface area contributed by atoms with Crippen molar-refractivity contribution in [3.8, 4) is 0 Å². The van der Waals surface area contributed by atoms with Gasteiger partial charge < -0.3 is 5.73 Å². The summed E-state index contributed by atoms with van der Waals surface area (Å²) >= 11 is 18.6. The first-order valence-corrected chi connectivity index (χ1v) is 8.79. The SMILES string of the molecule is CCC(C)c1ccc(N(C(N)=NC)c2ccc(Cl)c(Cl)c2Cl)cc1. The molecule has 0 heterocycles. The molecule has 0 aliphatic carbocycles. The molecule has 2 rings (SSSR count). The van der Waals surface area contributed by atoms with Gasteiger partial charge in [0.1, 0.15) is 0 Å². The van der Waals surface area contributed by atoms with Gasteiger partial charge in [0.25, 0.3) is 0 Å². The van der Waals surface area contributed by atoms with Crippen molar-refractivity contribution in [1.29, 1.82) is 0 Å². The van der Waals surface area contributed by atoms with Crippen molar-refractivity contribution >= 4 is 52.1 Å². The van der Waals surface area contributed by atoms with Crippen LogP contribution >= 0.6 is 34.8 Å². The number of nitrogens with zero attached hydrogens (tertiary/aromatic N) is 2. The molecule has 0 saturated carbocycles. The number of hydrogen-bond acceptors (Lipinski definition) is 1. The molecular formula is C18H20Cl3N3. The highest BCUT2D eigenvalue weighted by atomic mass is 35.5. The van der Waals surface area contributed by atoms with Crippen LogP contribution in [0.4, 0.5) is 11.4 Å². The van der Waals surface area contributed by atoms with E-state index in [2.05, 4.69) is 31.0 Å². The van der Waals surface area contributed by atoms with Crippen molar-refractivity contribution in [2.24, 2.45) is 10.7 Å². The van der Waals surface area contributed by atoms with Crippen LogP contribution in [-0.2, 0) is 0 Å². The third-order valence-electron chi connectivity index (χ3n) is 4.05. The molecule has 128 valence electrons. The van der Waals surface area contributed by atoms with Crippen LogP contribution in [0, 0.1) is 0 Å². The van der Waals surface area contributed by atoms with Crippen molar-refractivity contribution < 1.29 is 0 Å². The lowest BCUT2D eigenvalue weighted by molar-refractivity contribution is 0.734. The van der Waals surface area contributed by atoms with E-state index in [0.29, 0.717) is 32.6 Å². The zero-order valence-corrected chi connectivity index (χ0v) is 16.1. The Morgan fingerprint density at radius 1 is 1.08 bits per heavy atom. The van der Waals surface area contributed by atoms with E-state index in [9.17, 15) is 0 Å². The molecule has 1 unspecified atom stereocenters. The fourth-order valence-electron chi connectivity index (χ4n) is 2.37. The maximum Gasteiger partial charge on any atom is 0.200 e. The number of hydrogen-bond donors (Lipinski definition) is 1. The van der Waals surface area contributed by atoms with Gasteiger partial charge in [-0.1, -0.05) is 60.8 Å². The largest absolute Gasteiger partial charge is 0.369 e. The Labute approximate surface area is 158 Å². The Hall–Kier alpha value is -1.42. The van der Waals surface area contributed by atoms with Gasteiger partial charge in [0.2, 0.25) is 0 Å². The van der Waals surface area contributed by atoms with E-state index in [1.54, 1.807) is 24.1 Å². The molecule has 0 aromatic heterocycles. The van der Waals surface area contributed by atoms with Crippen LogP contribution in [0.5, 0.6) is 0 Å². The van der Waals surface area contributed by atoms with Gasteiger partial charge in [-0.25, -0.2) is 0 Å². The van der Waals surface area contributed by atoms with Gasteiger partial charge in [0.05, 0.1) is 20.8 Å². The van der Waals surface area contributed by atoms with E-state index in [0.717, 1.165) is 12.1 Å². The smallest absolute Gasteiger partial charge is 0.200 e. The molecular weight excluding hydrogens is 365 g/mol. The minimum atomic E-state index is 0.293. The lowest BCUT2D eigenvalue weighted by Gasteiger charge is -2.25. The zero-order valence-electron chi connectivity index (χ0n) is 13.9. The average Bonchev–Trinajstić information content (AvgIpc) is 2.61. The number of benzene rings is 2. The number of rotatable bonds is 4. The first-order valence-electron chi connectivity index (χ1n) is 7.66. The summed E-state index contributed by atoms with van der Waals surface area (Å²) in [6.07, 6.45) is 1.08. The summed E-state index contributed by atoms with van der Waals surface area (Å²) in [7, 11) is 1.63. The zero-order chi connectivity index (χ0) is 17.9. The summed E-state index contributed by atoms with van der Waals surface area (Å²) in [5, 5.41) is 1.02. The monoisotopic (exact) mass is 383 g/mol. The molecule has 0 saturated heterocycles. The molecule has 6 heteroatoms. The first kappa shape index (κ1) is 18.9. The molecule has 2 aromatic carbocycles. The molecule has 0 radical (unpaired) electrons. The summed E-state index contributed by atoms with van der Waals surface area (Å²) in [6, 6.07) is 11.6. The predicted molar refractivity (Wildman–Crippen MR) is 106 cm³/mol. The first-order chi connectivity index (χ1) is 11.4. The standard InChI is InChI=1S/C18H20Cl3N3/c1-4-11(2)12-5-7-13(8-6-12)24(18(22)23-3)15-10-9-14(19)16(20)17(15)21/h5-11H,4H2,1-3H3,(H2,22,23). The lowest BCUT2D eigenvalue weighted by atomic mass is 9.98. The number of halogens is 3. The molecule has 3 nitrogen and oxygen atoms in total. The van der Waals surface area contributed by atoms with Crippen molar-refractivity contribution in [2.45, 2.75) is 26.2 Å². The second kappa shape index (κ2) is 8.11. The Balaban J connectivity index is 2.53. The van der Waals surface area contributed by atoms with Crippen LogP contribution in [0.15, 0.2) is 41.4 Å². The van der Waals surface area contributed by atoms with Crippen LogP contribution in [0.25, 0.3) is 0 Å². The van der Waals surface area contributed by atoms with Crippen LogP contribution in [0.2, 0.25) is 15.1 Å². The van der Waals surface area contributed by atoms with Crippen molar-refractivity contribution in [1.82, 2.24) is 0 Å². The second-order valence-electron chi connectivity index (χ2n) is 5.51. The molecule has 2 N–H and O–H groups in total. The van der Waals surface area contributed by atoms with Gasteiger partial charge >= 0.3 is 0 Å². The van der Waals surface area contributed by atoms with Gasteiger partial charge in [0, 0.05) is 12.7 Å². The van der Waals surface area contributed by atoms with E-state index in [-0.39, 0.29) is 0 Å². The van der Waals surface area contributed by atoms with Crippen molar-refractivity contribution in [3.63, 3.8) is 0 Å². The predicted octanol–water partition coefficient (Wildman–Crippen LogP) is 6.24. The van der Waals surface area contributed by atoms with Gasteiger partial charge in [-0.05, 0) is 42.2 Å². The number of nitrogens with two attached hydrogens (primary N) is 1. The fourth-order valence-corrected chi connectivity index (χ4v) is 2.99.